The zero-order chi connectivity index (χ0) is 20.1. The lowest BCUT2D eigenvalue weighted by Gasteiger charge is -2.13. The molecule has 0 aliphatic heterocycles. The molecule has 0 fully saturated rings. The summed E-state index contributed by atoms with van der Waals surface area (Å²) in [6.45, 7) is 2.98. The fourth-order valence-corrected chi connectivity index (χ4v) is 3.12. The Morgan fingerprint density at radius 2 is 1.93 bits per heavy atom. The summed E-state index contributed by atoms with van der Waals surface area (Å²) in [4.78, 5) is 0. The van der Waals surface area contributed by atoms with Crippen molar-refractivity contribution in [2.45, 2.75) is 20.0 Å². The number of aromatic nitrogens is 2. The number of nitriles is 1. The highest BCUT2D eigenvalue weighted by Gasteiger charge is 2.17. The van der Waals surface area contributed by atoms with Gasteiger partial charge in [-0.3, -0.25) is 0 Å². The van der Waals surface area contributed by atoms with E-state index in [0.717, 1.165) is 28.8 Å². The van der Waals surface area contributed by atoms with Gasteiger partial charge in [0.25, 0.3) is 0 Å². The molecule has 0 bridgehead atoms. The van der Waals surface area contributed by atoms with Crippen molar-refractivity contribution < 1.29 is 9.47 Å². The van der Waals surface area contributed by atoms with Crippen LogP contribution in [0.5, 0.6) is 11.6 Å². The molecule has 1 aromatic heterocycles. The predicted molar refractivity (Wildman–Crippen MR) is 108 cm³/mol. The van der Waals surface area contributed by atoms with Crippen molar-refractivity contribution in [2.75, 3.05) is 13.7 Å². The Balaban J connectivity index is 2.02. The van der Waals surface area contributed by atoms with E-state index in [1.165, 1.54) is 5.56 Å². The van der Waals surface area contributed by atoms with Crippen LogP contribution in [0.2, 0.25) is 0 Å². The van der Waals surface area contributed by atoms with Gasteiger partial charge in [-0.1, -0.05) is 24.3 Å². The molecule has 2 N–H and O–H groups in total. The lowest BCUT2D eigenvalue weighted by atomic mass is 10.0. The van der Waals surface area contributed by atoms with Gasteiger partial charge in [-0.2, -0.15) is 10.4 Å². The van der Waals surface area contributed by atoms with Crippen LogP contribution in [-0.2, 0) is 24.8 Å². The molecule has 6 heteroatoms. The van der Waals surface area contributed by atoms with Gasteiger partial charge in [-0.25, -0.2) is 4.68 Å². The molecule has 1 heterocycles. The standard InChI is InChI=1S/C22H24N4O2/c1-15-20(14-27-3)25-26(2)22(15)28-21-12-17(13-24)6-9-19(21)18-7-4-16(5-8-18)10-11-23/h4-9,12H,10-11,14,23H2,1-3H3. The van der Waals surface area contributed by atoms with Crippen molar-refractivity contribution in [1.82, 2.24) is 9.78 Å². The number of hydrogen-bond donors (Lipinski definition) is 1. The second-order valence-corrected chi connectivity index (χ2v) is 6.59. The van der Waals surface area contributed by atoms with Crippen LogP contribution in [0.1, 0.15) is 22.4 Å². The Labute approximate surface area is 165 Å². The van der Waals surface area contributed by atoms with Crippen molar-refractivity contribution in [3.63, 3.8) is 0 Å². The number of benzene rings is 2. The summed E-state index contributed by atoms with van der Waals surface area (Å²) >= 11 is 0. The molecule has 144 valence electrons. The molecule has 6 nitrogen and oxygen atoms in total. The molecular formula is C22H24N4O2. The van der Waals surface area contributed by atoms with Gasteiger partial charge in [0.15, 0.2) is 0 Å². The van der Waals surface area contributed by atoms with Crippen LogP contribution in [0, 0.1) is 18.3 Å². The predicted octanol–water partition coefficient (Wildman–Crippen LogP) is 3.71. The number of rotatable bonds is 7. The lowest BCUT2D eigenvalue weighted by molar-refractivity contribution is 0.180. The van der Waals surface area contributed by atoms with E-state index in [9.17, 15) is 5.26 Å². The number of aryl methyl sites for hydroxylation is 1. The molecule has 0 aliphatic rings. The van der Waals surface area contributed by atoms with Crippen LogP contribution < -0.4 is 10.5 Å². The Kier molecular flexibility index (Phi) is 6.09. The van der Waals surface area contributed by atoms with E-state index in [2.05, 4.69) is 23.3 Å². The maximum absolute atomic E-state index is 9.32. The van der Waals surface area contributed by atoms with Crippen molar-refractivity contribution in [3.8, 4) is 28.8 Å². The first-order valence-corrected chi connectivity index (χ1v) is 9.10. The highest BCUT2D eigenvalue weighted by Crippen LogP contribution is 2.36. The maximum atomic E-state index is 9.32. The molecule has 0 radical (unpaired) electrons. The highest BCUT2D eigenvalue weighted by molar-refractivity contribution is 5.72. The SMILES string of the molecule is COCc1nn(C)c(Oc2cc(C#N)ccc2-c2ccc(CCN)cc2)c1C. The first kappa shape index (κ1) is 19.6. The smallest absolute Gasteiger partial charge is 0.220 e. The van der Waals surface area contributed by atoms with E-state index < -0.39 is 0 Å². The molecule has 3 rings (SSSR count). The number of nitrogens with zero attached hydrogens (tertiary/aromatic N) is 3. The topological polar surface area (TPSA) is 86.1 Å². The molecule has 2 aromatic carbocycles. The van der Waals surface area contributed by atoms with Crippen LogP contribution in [0.25, 0.3) is 11.1 Å². The van der Waals surface area contributed by atoms with E-state index in [1.54, 1.807) is 23.9 Å². The van der Waals surface area contributed by atoms with Crippen LogP contribution in [-0.4, -0.2) is 23.4 Å². The largest absolute Gasteiger partial charge is 0.438 e. The monoisotopic (exact) mass is 376 g/mol. The van der Waals surface area contributed by atoms with E-state index >= 15 is 0 Å². The Morgan fingerprint density at radius 1 is 1.18 bits per heavy atom. The van der Waals surface area contributed by atoms with E-state index in [4.69, 9.17) is 15.2 Å². The van der Waals surface area contributed by atoms with Gasteiger partial charge in [0, 0.05) is 25.3 Å². The molecule has 3 aromatic rings. The fraction of sp³-hybridized carbons (Fsp3) is 0.273. The van der Waals surface area contributed by atoms with Crippen molar-refractivity contribution >= 4 is 0 Å². The average Bonchev–Trinajstić information content (AvgIpc) is 2.97. The molecular weight excluding hydrogens is 352 g/mol. The van der Waals surface area contributed by atoms with Gasteiger partial charge in [-0.05, 0) is 49.2 Å². The molecule has 0 atom stereocenters. The van der Waals surface area contributed by atoms with Gasteiger partial charge < -0.3 is 15.2 Å². The summed E-state index contributed by atoms with van der Waals surface area (Å²) in [5.74, 6) is 1.24. The minimum atomic E-state index is 0.413. The quantitative estimate of drug-likeness (QED) is 0.679. The molecule has 28 heavy (non-hydrogen) atoms. The van der Waals surface area contributed by atoms with Gasteiger partial charge in [-0.15, -0.1) is 0 Å². The number of methoxy groups -OCH3 is 1. The van der Waals surface area contributed by atoms with Gasteiger partial charge in [0.2, 0.25) is 5.88 Å². The summed E-state index contributed by atoms with van der Waals surface area (Å²) in [6.07, 6.45) is 0.841. The van der Waals surface area contributed by atoms with Crippen LogP contribution in [0.4, 0.5) is 0 Å². The second kappa shape index (κ2) is 8.70. The van der Waals surface area contributed by atoms with Crippen LogP contribution in [0.3, 0.4) is 0 Å². The minimum Gasteiger partial charge on any atom is -0.438 e. The molecule has 0 spiro atoms. The zero-order valence-electron chi connectivity index (χ0n) is 16.4. The average molecular weight is 376 g/mol. The third-order valence-corrected chi connectivity index (χ3v) is 4.61. The summed E-state index contributed by atoms with van der Waals surface area (Å²) in [5.41, 5.74) is 11.0. The normalized spacial score (nSPS) is 10.7. The molecule has 0 aliphatic carbocycles. The third kappa shape index (κ3) is 4.06. The van der Waals surface area contributed by atoms with Crippen molar-refractivity contribution in [1.29, 1.82) is 5.26 Å². The first-order chi connectivity index (χ1) is 13.6. The Hall–Kier alpha value is -3.14. The van der Waals surface area contributed by atoms with Gasteiger partial charge in [0.1, 0.15) is 5.75 Å². The number of hydrogen-bond acceptors (Lipinski definition) is 5. The number of ether oxygens (including phenoxy) is 2. The van der Waals surface area contributed by atoms with E-state index in [0.29, 0.717) is 30.3 Å². The Bertz CT molecular complexity index is 1000. The molecule has 0 saturated carbocycles. The van der Waals surface area contributed by atoms with Crippen LogP contribution >= 0.6 is 0 Å². The second-order valence-electron chi connectivity index (χ2n) is 6.59. The van der Waals surface area contributed by atoms with Crippen molar-refractivity contribution in [2.24, 2.45) is 12.8 Å². The van der Waals surface area contributed by atoms with E-state index in [-0.39, 0.29) is 0 Å². The van der Waals surface area contributed by atoms with Crippen molar-refractivity contribution in [3.05, 3.63) is 64.8 Å². The summed E-state index contributed by atoms with van der Waals surface area (Å²) in [7, 11) is 3.47. The highest BCUT2D eigenvalue weighted by atomic mass is 16.5. The molecule has 0 amide bonds. The maximum Gasteiger partial charge on any atom is 0.220 e. The third-order valence-electron chi connectivity index (χ3n) is 4.61. The Morgan fingerprint density at radius 3 is 2.57 bits per heavy atom. The molecule has 0 unspecified atom stereocenters. The first-order valence-electron chi connectivity index (χ1n) is 9.10. The lowest BCUT2D eigenvalue weighted by Crippen LogP contribution is -2.02. The van der Waals surface area contributed by atoms with Crippen LogP contribution in [0.15, 0.2) is 42.5 Å². The summed E-state index contributed by atoms with van der Waals surface area (Å²) in [5, 5.41) is 13.8. The van der Waals surface area contributed by atoms with Gasteiger partial charge >= 0.3 is 0 Å². The van der Waals surface area contributed by atoms with E-state index in [1.807, 2.05) is 32.2 Å². The fourth-order valence-electron chi connectivity index (χ4n) is 3.12. The summed E-state index contributed by atoms with van der Waals surface area (Å²) in [6, 6.07) is 15.9. The van der Waals surface area contributed by atoms with Gasteiger partial charge in [0.05, 0.1) is 23.9 Å². The number of nitrogens with two attached hydrogens (primary N) is 1. The summed E-state index contributed by atoms with van der Waals surface area (Å²) < 4.78 is 13.1. The molecule has 0 saturated heterocycles. The minimum absolute atomic E-state index is 0.413. The zero-order valence-corrected chi connectivity index (χ0v) is 16.4.